The molecule has 0 aromatic heterocycles. The Morgan fingerprint density at radius 2 is 1.78 bits per heavy atom. The molecule has 4 heteroatoms. The summed E-state index contributed by atoms with van der Waals surface area (Å²) in [5, 5.41) is 6.89. The van der Waals surface area contributed by atoms with Crippen LogP contribution in [0.4, 0.5) is 0 Å². The van der Waals surface area contributed by atoms with Crippen molar-refractivity contribution in [2.75, 3.05) is 0 Å². The zero-order chi connectivity index (χ0) is 13.1. The Balaban J connectivity index is 0.000000367. The number of rotatable bonds is 0. The Bertz CT molecular complexity index is 315. The molecule has 1 heterocycles. The number of carbonyl (C=O) groups excluding carboxylic acids is 1. The highest BCUT2D eigenvalue weighted by atomic mass is 16.6. The molecule has 5 unspecified atom stereocenters. The van der Waals surface area contributed by atoms with Gasteiger partial charge in [0.15, 0.2) is 0 Å². The molecule has 1 aliphatic heterocycles. The number of esters is 1. The molecule has 3 rings (SSSR count). The molecule has 2 saturated carbocycles. The topological polar surface area (TPSA) is 63.6 Å². The van der Waals surface area contributed by atoms with Crippen LogP contribution in [0.5, 0.6) is 0 Å². The average Bonchev–Trinajstić information content (AvgIpc) is 2.63. The van der Waals surface area contributed by atoms with E-state index in [9.17, 15) is 4.79 Å². The van der Waals surface area contributed by atoms with E-state index in [2.05, 4.69) is 6.92 Å². The fourth-order valence-corrected chi connectivity index (χ4v) is 4.07. The van der Waals surface area contributed by atoms with Gasteiger partial charge in [-0.2, -0.15) is 0 Å². The Hall–Kier alpha value is -1.06. The van der Waals surface area contributed by atoms with E-state index in [1.807, 2.05) is 0 Å². The maximum atomic E-state index is 11.7. The van der Waals surface area contributed by atoms with E-state index in [1.165, 1.54) is 32.1 Å². The van der Waals surface area contributed by atoms with Gasteiger partial charge in [0.25, 0.3) is 6.47 Å². The molecule has 0 amide bonds. The molecule has 3 aliphatic rings. The van der Waals surface area contributed by atoms with Crippen LogP contribution in [0.1, 0.15) is 45.4 Å². The third-order valence-electron chi connectivity index (χ3n) is 4.92. The molecule has 18 heavy (non-hydrogen) atoms. The van der Waals surface area contributed by atoms with E-state index in [4.69, 9.17) is 14.6 Å². The van der Waals surface area contributed by atoms with E-state index in [1.54, 1.807) is 0 Å². The number of carbonyl (C=O) groups is 2. The Morgan fingerprint density at radius 3 is 2.39 bits per heavy atom. The first-order chi connectivity index (χ1) is 8.67. The zero-order valence-corrected chi connectivity index (χ0v) is 10.9. The van der Waals surface area contributed by atoms with Gasteiger partial charge in [-0.25, -0.2) is 0 Å². The smallest absolute Gasteiger partial charge is 0.309 e. The fourth-order valence-electron chi connectivity index (χ4n) is 4.07. The van der Waals surface area contributed by atoms with Crippen molar-refractivity contribution in [2.24, 2.45) is 23.7 Å². The molecule has 2 aliphatic carbocycles. The lowest BCUT2D eigenvalue weighted by Crippen LogP contribution is -2.35. The molecular weight excluding hydrogens is 232 g/mol. The van der Waals surface area contributed by atoms with Gasteiger partial charge in [0.2, 0.25) is 0 Å². The van der Waals surface area contributed by atoms with Gasteiger partial charge in [-0.15, -0.1) is 0 Å². The Kier molecular flexibility index (Phi) is 4.25. The Morgan fingerprint density at radius 1 is 1.22 bits per heavy atom. The second-order valence-corrected chi connectivity index (χ2v) is 5.79. The van der Waals surface area contributed by atoms with Gasteiger partial charge in [0.1, 0.15) is 6.10 Å². The quantitative estimate of drug-likeness (QED) is 0.533. The molecule has 102 valence electrons. The average molecular weight is 254 g/mol. The monoisotopic (exact) mass is 254 g/mol. The molecule has 0 radical (unpaired) electrons. The highest BCUT2D eigenvalue weighted by molar-refractivity contribution is 5.75. The first kappa shape index (κ1) is 13.4. The molecule has 3 fully saturated rings. The molecule has 5 atom stereocenters. The normalized spacial score (nSPS) is 41.8. The molecule has 0 spiro atoms. The van der Waals surface area contributed by atoms with Crippen LogP contribution >= 0.6 is 0 Å². The van der Waals surface area contributed by atoms with Crippen LogP contribution in [0.25, 0.3) is 0 Å². The fraction of sp³-hybridized carbons (Fsp3) is 0.857. The second-order valence-electron chi connectivity index (χ2n) is 5.79. The molecule has 0 aromatic rings. The summed E-state index contributed by atoms with van der Waals surface area (Å²) >= 11 is 0. The summed E-state index contributed by atoms with van der Waals surface area (Å²) in [6, 6.07) is 0. The van der Waals surface area contributed by atoms with Crippen molar-refractivity contribution in [3.63, 3.8) is 0 Å². The minimum Gasteiger partial charge on any atom is -0.483 e. The van der Waals surface area contributed by atoms with Crippen molar-refractivity contribution < 1.29 is 19.4 Å². The van der Waals surface area contributed by atoms with Crippen molar-refractivity contribution in [2.45, 2.75) is 51.6 Å². The summed E-state index contributed by atoms with van der Waals surface area (Å²) in [6.45, 7) is 1.83. The largest absolute Gasteiger partial charge is 0.483 e. The van der Waals surface area contributed by atoms with Gasteiger partial charge >= 0.3 is 5.97 Å². The van der Waals surface area contributed by atoms with E-state index in [-0.39, 0.29) is 24.5 Å². The first-order valence-corrected chi connectivity index (χ1v) is 6.95. The van der Waals surface area contributed by atoms with E-state index in [0.717, 1.165) is 18.3 Å². The molecule has 0 aromatic carbocycles. The van der Waals surface area contributed by atoms with Crippen molar-refractivity contribution in [3.05, 3.63) is 0 Å². The van der Waals surface area contributed by atoms with Crippen molar-refractivity contribution >= 4 is 12.4 Å². The maximum Gasteiger partial charge on any atom is 0.309 e. The van der Waals surface area contributed by atoms with Crippen LogP contribution in [-0.2, 0) is 14.3 Å². The van der Waals surface area contributed by atoms with Crippen molar-refractivity contribution in [1.29, 1.82) is 0 Å². The number of carboxylic acid groups (broad SMARTS) is 1. The molecular formula is C14H22O4. The Labute approximate surface area is 108 Å². The van der Waals surface area contributed by atoms with E-state index < -0.39 is 0 Å². The van der Waals surface area contributed by atoms with Gasteiger partial charge in [-0.1, -0.05) is 25.7 Å². The SMILES string of the molecule is CC1OC(=O)C2CC3CCCCC3CC12.O=CO. The van der Waals surface area contributed by atoms with Crippen LogP contribution < -0.4 is 0 Å². The summed E-state index contributed by atoms with van der Waals surface area (Å²) in [6.07, 6.45) is 8.10. The predicted molar refractivity (Wildman–Crippen MR) is 65.9 cm³/mol. The number of fused-ring (bicyclic) bond motifs is 2. The van der Waals surface area contributed by atoms with Gasteiger partial charge in [-0.05, 0) is 31.6 Å². The van der Waals surface area contributed by atoms with Gasteiger partial charge in [0.05, 0.1) is 5.92 Å². The number of hydrogen-bond acceptors (Lipinski definition) is 3. The first-order valence-electron chi connectivity index (χ1n) is 6.95. The lowest BCUT2D eigenvalue weighted by molar-refractivity contribution is -0.144. The van der Waals surface area contributed by atoms with Crippen LogP contribution in [0, 0.1) is 23.7 Å². The lowest BCUT2D eigenvalue weighted by atomic mass is 9.63. The summed E-state index contributed by atoms with van der Waals surface area (Å²) in [4.78, 5) is 20.0. The minimum absolute atomic E-state index is 0.0940. The number of cyclic esters (lactones) is 1. The summed E-state index contributed by atoms with van der Waals surface area (Å²) in [5.74, 6) is 2.61. The highest BCUT2D eigenvalue weighted by Crippen LogP contribution is 2.49. The second kappa shape index (κ2) is 5.72. The number of ether oxygens (including phenoxy) is 1. The van der Waals surface area contributed by atoms with Crippen molar-refractivity contribution in [1.82, 2.24) is 0 Å². The molecule has 4 nitrogen and oxygen atoms in total. The van der Waals surface area contributed by atoms with Crippen LogP contribution in [0.2, 0.25) is 0 Å². The maximum absolute atomic E-state index is 11.7. The van der Waals surface area contributed by atoms with Gasteiger partial charge in [0, 0.05) is 5.92 Å². The van der Waals surface area contributed by atoms with Crippen LogP contribution in [0.15, 0.2) is 0 Å². The van der Waals surface area contributed by atoms with E-state index in [0.29, 0.717) is 5.92 Å². The molecule has 1 saturated heterocycles. The third kappa shape index (κ3) is 2.52. The summed E-state index contributed by atoms with van der Waals surface area (Å²) < 4.78 is 5.38. The zero-order valence-electron chi connectivity index (χ0n) is 10.9. The standard InChI is InChI=1S/C13H20O2.CH2O2/c1-8-11-6-9-4-2-3-5-10(9)7-12(11)13(14)15-8;2-1-3/h8-12H,2-7H2,1H3;1H,(H,2,3). The summed E-state index contributed by atoms with van der Waals surface area (Å²) in [5.41, 5.74) is 0. The van der Waals surface area contributed by atoms with Crippen molar-refractivity contribution in [3.8, 4) is 0 Å². The van der Waals surface area contributed by atoms with E-state index >= 15 is 0 Å². The molecule has 1 N–H and O–H groups in total. The van der Waals surface area contributed by atoms with Crippen LogP contribution in [-0.4, -0.2) is 23.7 Å². The summed E-state index contributed by atoms with van der Waals surface area (Å²) in [7, 11) is 0. The predicted octanol–water partition coefficient (Wildman–Crippen LogP) is 2.47. The lowest BCUT2D eigenvalue weighted by Gasteiger charge is -2.40. The van der Waals surface area contributed by atoms with Crippen LogP contribution in [0.3, 0.4) is 0 Å². The minimum atomic E-state index is -0.250. The number of hydrogen-bond donors (Lipinski definition) is 1. The third-order valence-corrected chi connectivity index (χ3v) is 4.92. The van der Waals surface area contributed by atoms with Gasteiger partial charge < -0.3 is 9.84 Å². The molecule has 0 bridgehead atoms. The van der Waals surface area contributed by atoms with Gasteiger partial charge in [-0.3, -0.25) is 9.59 Å². The highest BCUT2D eigenvalue weighted by Gasteiger charge is 2.48.